The summed E-state index contributed by atoms with van der Waals surface area (Å²) in [6.07, 6.45) is 0. The molecule has 0 fully saturated rings. The fraction of sp³-hybridized carbons (Fsp3) is 0.0588. The van der Waals surface area contributed by atoms with Crippen molar-refractivity contribution in [1.29, 1.82) is 0 Å². The molecule has 3 rings (SSSR count). The summed E-state index contributed by atoms with van der Waals surface area (Å²) < 4.78 is 27.9. The molecule has 0 aliphatic heterocycles. The summed E-state index contributed by atoms with van der Waals surface area (Å²) in [6.45, 7) is 0.193. The van der Waals surface area contributed by atoms with Gasteiger partial charge in [-0.2, -0.15) is 0 Å². The molecule has 0 atom stereocenters. The predicted octanol–water partition coefficient (Wildman–Crippen LogP) is 3.98. The normalized spacial score (nSPS) is 11.2. The van der Waals surface area contributed by atoms with Crippen LogP contribution in [0.25, 0.3) is 10.8 Å². The fourth-order valence-corrected chi connectivity index (χ4v) is 3.76. The molecule has 0 heterocycles. The van der Waals surface area contributed by atoms with Gasteiger partial charge in [0.1, 0.15) is 0 Å². The third-order valence-electron chi connectivity index (χ3n) is 3.58. The van der Waals surface area contributed by atoms with E-state index in [0.29, 0.717) is 16.1 Å². The van der Waals surface area contributed by atoms with Gasteiger partial charge in [-0.1, -0.05) is 48.0 Å². The zero-order valence-corrected chi connectivity index (χ0v) is 15.0. The molecule has 0 aliphatic carbocycles. The lowest BCUT2D eigenvalue weighted by molar-refractivity contribution is 0.582. The molecule has 24 heavy (non-hydrogen) atoms. The van der Waals surface area contributed by atoms with Gasteiger partial charge in [-0.05, 0) is 29.8 Å². The minimum absolute atomic E-state index is 0. The van der Waals surface area contributed by atoms with Gasteiger partial charge < -0.3 is 5.73 Å². The number of hydrogen-bond acceptors (Lipinski definition) is 3. The third kappa shape index (κ3) is 3.82. The summed E-state index contributed by atoms with van der Waals surface area (Å²) in [5.74, 6) is 0. The minimum Gasteiger partial charge on any atom is -0.398 e. The fourth-order valence-electron chi connectivity index (χ4n) is 2.40. The molecule has 4 nitrogen and oxygen atoms in total. The Labute approximate surface area is 152 Å². The van der Waals surface area contributed by atoms with Crippen LogP contribution in [0, 0.1) is 0 Å². The topological polar surface area (TPSA) is 72.2 Å². The maximum atomic E-state index is 12.6. The van der Waals surface area contributed by atoms with Crippen molar-refractivity contribution in [1.82, 2.24) is 4.72 Å². The summed E-state index contributed by atoms with van der Waals surface area (Å²) >= 11 is 5.83. The molecule has 0 saturated heterocycles. The standard InChI is InChI=1S/C17H15ClN2O2S.ClH/c18-13-9-7-12(8-10-13)11-20-23(21,22)17-6-2-3-14-15(17)4-1-5-16(14)19;/h1-10,20H,11,19H2;1H. The Morgan fingerprint density at radius 2 is 1.54 bits per heavy atom. The smallest absolute Gasteiger partial charge is 0.241 e. The molecule has 0 bridgehead atoms. The molecular weight excluding hydrogens is 367 g/mol. The summed E-state index contributed by atoms with van der Waals surface area (Å²) in [4.78, 5) is 0.219. The van der Waals surface area contributed by atoms with Crippen LogP contribution < -0.4 is 10.5 Å². The van der Waals surface area contributed by atoms with Crippen molar-refractivity contribution in [3.05, 3.63) is 71.2 Å². The van der Waals surface area contributed by atoms with Crippen LogP contribution in [0.2, 0.25) is 5.02 Å². The SMILES string of the molecule is Cl.Nc1cccc2c(S(=O)(=O)NCc3ccc(Cl)cc3)cccc12. The maximum Gasteiger partial charge on any atom is 0.241 e. The van der Waals surface area contributed by atoms with Crippen LogP contribution in [0.5, 0.6) is 0 Å². The number of nitrogens with two attached hydrogens (primary N) is 1. The monoisotopic (exact) mass is 382 g/mol. The van der Waals surface area contributed by atoms with Gasteiger partial charge in [0.25, 0.3) is 0 Å². The molecule has 126 valence electrons. The number of sulfonamides is 1. The highest BCUT2D eigenvalue weighted by Gasteiger charge is 2.17. The Morgan fingerprint density at radius 3 is 2.25 bits per heavy atom. The molecule has 0 spiro atoms. The van der Waals surface area contributed by atoms with E-state index in [1.54, 1.807) is 54.6 Å². The Hall–Kier alpha value is -1.79. The summed E-state index contributed by atoms with van der Waals surface area (Å²) in [5, 5.41) is 1.94. The number of benzene rings is 3. The maximum absolute atomic E-state index is 12.6. The van der Waals surface area contributed by atoms with E-state index in [2.05, 4.69) is 4.72 Å². The highest BCUT2D eigenvalue weighted by atomic mass is 35.5. The van der Waals surface area contributed by atoms with Crippen LogP contribution in [0.15, 0.2) is 65.6 Å². The second-order valence-electron chi connectivity index (χ2n) is 5.15. The molecular formula is C17H16Cl2N2O2S. The van der Waals surface area contributed by atoms with Crippen molar-refractivity contribution in [3.63, 3.8) is 0 Å². The first kappa shape index (κ1) is 18.5. The molecule has 0 saturated carbocycles. The summed E-state index contributed by atoms with van der Waals surface area (Å²) in [5.41, 5.74) is 7.30. The molecule has 7 heteroatoms. The van der Waals surface area contributed by atoms with Crippen LogP contribution in [0.1, 0.15) is 5.56 Å². The second-order valence-corrected chi connectivity index (χ2v) is 7.32. The molecule has 0 unspecified atom stereocenters. The zero-order chi connectivity index (χ0) is 16.4. The van der Waals surface area contributed by atoms with Gasteiger partial charge in [0.15, 0.2) is 0 Å². The van der Waals surface area contributed by atoms with E-state index >= 15 is 0 Å². The molecule has 3 aromatic carbocycles. The van der Waals surface area contributed by atoms with E-state index in [4.69, 9.17) is 17.3 Å². The average molecular weight is 383 g/mol. The van der Waals surface area contributed by atoms with Gasteiger partial charge in [0.2, 0.25) is 10.0 Å². The first-order chi connectivity index (χ1) is 11.0. The number of anilines is 1. The van der Waals surface area contributed by atoms with Crippen molar-refractivity contribution in [2.45, 2.75) is 11.4 Å². The average Bonchev–Trinajstić information content (AvgIpc) is 2.54. The Morgan fingerprint density at radius 1 is 0.917 bits per heavy atom. The van der Waals surface area contributed by atoms with E-state index in [-0.39, 0.29) is 23.8 Å². The Bertz CT molecular complexity index is 958. The van der Waals surface area contributed by atoms with Crippen LogP contribution in [-0.4, -0.2) is 8.42 Å². The lowest BCUT2D eigenvalue weighted by atomic mass is 10.1. The number of fused-ring (bicyclic) bond motifs is 1. The van der Waals surface area contributed by atoms with Crippen molar-refractivity contribution in [2.75, 3.05) is 5.73 Å². The van der Waals surface area contributed by atoms with Gasteiger partial charge in [-0.3, -0.25) is 0 Å². The summed E-state index contributed by atoms with van der Waals surface area (Å²) in [6, 6.07) is 17.3. The van der Waals surface area contributed by atoms with Crippen LogP contribution in [-0.2, 0) is 16.6 Å². The van der Waals surface area contributed by atoms with Gasteiger partial charge in [-0.15, -0.1) is 12.4 Å². The number of nitrogens with one attached hydrogen (secondary N) is 1. The van der Waals surface area contributed by atoms with Crippen LogP contribution in [0.4, 0.5) is 5.69 Å². The molecule has 0 amide bonds. The first-order valence-corrected chi connectivity index (χ1v) is 8.85. The molecule has 3 N–H and O–H groups in total. The largest absolute Gasteiger partial charge is 0.398 e. The minimum atomic E-state index is -3.65. The van der Waals surface area contributed by atoms with E-state index < -0.39 is 10.0 Å². The predicted molar refractivity (Wildman–Crippen MR) is 101 cm³/mol. The number of nitrogen functional groups attached to an aromatic ring is 1. The van der Waals surface area contributed by atoms with Crippen molar-refractivity contribution < 1.29 is 8.42 Å². The quantitative estimate of drug-likeness (QED) is 0.670. The Balaban J connectivity index is 0.00000208. The Kier molecular flexibility index (Phi) is 5.72. The lowest BCUT2D eigenvalue weighted by Gasteiger charge is -2.11. The van der Waals surface area contributed by atoms with Crippen molar-refractivity contribution >= 4 is 50.5 Å². The van der Waals surface area contributed by atoms with Gasteiger partial charge in [-0.25, -0.2) is 13.1 Å². The lowest BCUT2D eigenvalue weighted by Crippen LogP contribution is -2.23. The van der Waals surface area contributed by atoms with Crippen LogP contribution in [0.3, 0.4) is 0 Å². The van der Waals surface area contributed by atoms with Gasteiger partial charge in [0, 0.05) is 28.0 Å². The number of hydrogen-bond donors (Lipinski definition) is 2. The van der Waals surface area contributed by atoms with E-state index in [9.17, 15) is 8.42 Å². The van der Waals surface area contributed by atoms with Crippen LogP contribution >= 0.6 is 24.0 Å². The highest BCUT2D eigenvalue weighted by Crippen LogP contribution is 2.27. The molecule has 0 aromatic heterocycles. The van der Waals surface area contributed by atoms with Crippen molar-refractivity contribution in [3.8, 4) is 0 Å². The zero-order valence-electron chi connectivity index (χ0n) is 12.6. The molecule has 0 aliphatic rings. The highest BCUT2D eigenvalue weighted by molar-refractivity contribution is 7.89. The van der Waals surface area contributed by atoms with E-state index in [1.807, 2.05) is 6.07 Å². The number of rotatable bonds is 4. The second kappa shape index (κ2) is 7.40. The van der Waals surface area contributed by atoms with Gasteiger partial charge in [0.05, 0.1) is 4.90 Å². The number of halogens is 2. The van der Waals surface area contributed by atoms with E-state index in [0.717, 1.165) is 10.9 Å². The molecule has 0 radical (unpaired) electrons. The van der Waals surface area contributed by atoms with E-state index in [1.165, 1.54) is 0 Å². The first-order valence-electron chi connectivity index (χ1n) is 6.99. The molecule has 3 aromatic rings. The van der Waals surface area contributed by atoms with Crippen molar-refractivity contribution in [2.24, 2.45) is 0 Å². The third-order valence-corrected chi connectivity index (χ3v) is 5.30. The van der Waals surface area contributed by atoms with Gasteiger partial charge >= 0.3 is 0 Å². The summed E-state index contributed by atoms with van der Waals surface area (Å²) in [7, 11) is -3.65.